The summed E-state index contributed by atoms with van der Waals surface area (Å²) in [6.45, 7) is 4.21. The van der Waals surface area contributed by atoms with Gasteiger partial charge in [0.25, 0.3) is 0 Å². The molecular formula is C9H14N2O2. The first-order valence-corrected chi connectivity index (χ1v) is 4.16. The molecule has 0 saturated carbocycles. The summed E-state index contributed by atoms with van der Waals surface area (Å²) in [5, 5.41) is 0. The van der Waals surface area contributed by atoms with Crippen LogP contribution >= 0.6 is 0 Å². The molecule has 0 bridgehead atoms. The van der Waals surface area contributed by atoms with Crippen LogP contribution in [0.3, 0.4) is 0 Å². The third-order valence-electron chi connectivity index (χ3n) is 1.37. The van der Waals surface area contributed by atoms with Crippen LogP contribution in [0, 0.1) is 0 Å². The molecule has 4 nitrogen and oxygen atoms in total. The highest BCUT2D eigenvalue weighted by atomic mass is 16.6. The van der Waals surface area contributed by atoms with E-state index in [0.717, 1.165) is 5.69 Å². The molecule has 0 unspecified atom stereocenters. The van der Waals surface area contributed by atoms with Crippen LogP contribution < -0.4 is 10.6 Å². The van der Waals surface area contributed by atoms with Crippen molar-refractivity contribution in [1.29, 1.82) is 0 Å². The summed E-state index contributed by atoms with van der Waals surface area (Å²) in [7, 11) is 0. The molecule has 0 fully saturated rings. The molecule has 1 heterocycles. The maximum Gasteiger partial charge on any atom is 0.213 e. The number of nitrogens with zero attached hydrogens (tertiary/aromatic N) is 1. The van der Waals surface area contributed by atoms with Gasteiger partial charge in [-0.25, -0.2) is 10.9 Å². The molecule has 1 aromatic heterocycles. The predicted octanol–water partition coefficient (Wildman–Crippen LogP) is 1.26. The minimum Gasteiger partial charge on any atom is -0.475 e. The van der Waals surface area contributed by atoms with Crippen LogP contribution in [0.4, 0.5) is 0 Å². The van der Waals surface area contributed by atoms with Gasteiger partial charge in [-0.3, -0.25) is 4.84 Å². The number of pyridine rings is 1. The van der Waals surface area contributed by atoms with Crippen LogP contribution in [-0.2, 0) is 11.4 Å². The Balaban J connectivity index is 2.67. The molecular weight excluding hydrogens is 168 g/mol. The van der Waals surface area contributed by atoms with Crippen molar-refractivity contribution in [2.24, 2.45) is 5.90 Å². The van der Waals surface area contributed by atoms with Crippen molar-refractivity contribution in [1.82, 2.24) is 4.98 Å². The summed E-state index contributed by atoms with van der Waals surface area (Å²) < 4.78 is 5.39. The molecule has 0 aliphatic rings. The highest BCUT2D eigenvalue weighted by Crippen LogP contribution is 2.09. The SMILES string of the molecule is CC(C)Oc1cccc(CON)n1. The third-order valence-corrected chi connectivity index (χ3v) is 1.37. The molecule has 0 spiro atoms. The van der Waals surface area contributed by atoms with Gasteiger partial charge in [-0.15, -0.1) is 0 Å². The van der Waals surface area contributed by atoms with Crippen molar-refractivity contribution in [3.63, 3.8) is 0 Å². The first-order chi connectivity index (χ1) is 6.22. The second-order valence-corrected chi connectivity index (χ2v) is 2.94. The Kier molecular flexibility index (Phi) is 3.67. The van der Waals surface area contributed by atoms with E-state index in [2.05, 4.69) is 9.82 Å². The van der Waals surface area contributed by atoms with E-state index in [4.69, 9.17) is 10.6 Å². The van der Waals surface area contributed by atoms with Gasteiger partial charge in [0, 0.05) is 6.07 Å². The van der Waals surface area contributed by atoms with Crippen LogP contribution in [0.15, 0.2) is 18.2 Å². The molecule has 0 radical (unpaired) electrons. The normalized spacial score (nSPS) is 10.5. The number of nitrogens with two attached hydrogens (primary N) is 1. The van der Waals surface area contributed by atoms with Crippen LogP contribution in [0.25, 0.3) is 0 Å². The van der Waals surface area contributed by atoms with Crippen LogP contribution in [-0.4, -0.2) is 11.1 Å². The van der Waals surface area contributed by atoms with E-state index in [1.807, 2.05) is 26.0 Å². The van der Waals surface area contributed by atoms with Gasteiger partial charge in [-0.05, 0) is 19.9 Å². The zero-order valence-corrected chi connectivity index (χ0v) is 7.86. The second-order valence-electron chi connectivity index (χ2n) is 2.94. The quantitative estimate of drug-likeness (QED) is 0.712. The van der Waals surface area contributed by atoms with Crippen LogP contribution in [0.5, 0.6) is 5.88 Å². The van der Waals surface area contributed by atoms with Gasteiger partial charge in [0.05, 0.1) is 11.8 Å². The highest BCUT2D eigenvalue weighted by molar-refractivity contribution is 5.15. The molecule has 4 heteroatoms. The summed E-state index contributed by atoms with van der Waals surface area (Å²) >= 11 is 0. The number of ether oxygens (including phenoxy) is 1. The van der Waals surface area contributed by atoms with Gasteiger partial charge in [0.1, 0.15) is 6.61 Å². The molecule has 72 valence electrons. The van der Waals surface area contributed by atoms with Gasteiger partial charge < -0.3 is 4.74 Å². The first-order valence-electron chi connectivity index (χ1n) is 4.16. The molecule has 0 saturated heterocycles. The smallest absolute Gasteiger partial charge is 0.213 e. The first kappa shape index (κ1) is 9.95. The summed E-state index contributed by atoms with van der Waals surface area (Å²) in [6.07, 6.45) is 0.126. The number of rotatable bonds is 4. The standard InChI is InChI=1S/C9H14N2O2/c1-7(2)13-9-5-3-4-8(11-9)6-12-10/h3-5,7H,6,10H2,1-2H3. The molecule has 13 heavy (non-hydrogen) atoms. The molecule has 1 rings (SSSR count). The largest absolute Gasteiger partial charge is 0.475 e. The molecule has 2 N–H and O–H groups in total. The lowest BCUT2D eigenvalue weighted by Crippen LogP contribution is -2.08. The van der Waals surface area contributed by atoms with Crippen molar-refractivity contribution in [3.8, 4) is 5.88 Å². The van der Waals surface area contributed by atoms with Gasteiger partial charge >= 0.3 is 0 Å². The van der Waals surface area contributed by atoms with Crippen molar-refractivity contribution in [2.45, 2.75) is 26.6 Å². The summed E-state index contributed by atoms with van der Waals surface area (Å²) in [6, 6.07) is 5.50. The molecule has 0 amide bonds. The minimum atomic E-state index is 0.126. The lowest BCUT2D eigenvalue weighted by Gasteiger charge is -2.08. The van der Waals surface area contributed by atoms with Crippen molar-refractivity contribution in [3.05, 3.63) is 23.9 Å². The summed E-state index contributed by atoms with van der Waals surface area (Å²) in [5.74, 6) is 5.53. The lowest BCUT2D eigenvalue weighted by molar-refractivity contribution is 0.120. The fourth-order valence-electron chi connectivity index (χ4n) is 0.930. The number of hydrogen-bond donors (Lipinski definition) is 1. The second kappa shape index (κ2) is 4.79. The van der Waals surface area contributed by atoms with Crippen LogP contribution in [0.2, 0.25) is 0 Å². The summed E-state index contributed by atoms with van der Waals surface area (Å²) in [5.41, 5.74) is 0.764. The topological polar surface area (TPSA) is 57.4 Å². The highest BCUT2D eigenvalue weighted by Gasteiger charge is 2.00. The van der Waals surface area contributed by atoms with Gasteiger partial charge in [-0.2, -0.15) is 0 Å². The maximum atomic E-state index is 5.39. The molecule has 0 aromatic carbocycles. The fourth-order valence-corrected chi connectivity index (χ4v) is 0.930. The Labute approximate surface area is 77.6 Å². The van der Waals surface area contributed by atoms with E-state index >= 15 is 0 Å². The average Bonchev–Trinajstić information content (AvgIpc) is 2.04. The number of hydrogen-bond acceptors (Lipinski definition) is 4. The van der Waals surface area contributed by atoms with Crippen molar-refractivity contribution >= 4 is 0 Å². The molecule has 0 atom stereocenters. The van der Waals surface area contributed by atoms with E-state index in [0.29, 0.717) is 12.5 Å². The Morgan fingerprint density at radius 2 is 2.23 bits per heavy atom. The average molecular weight is 182 g/mol. The van der Waals surface area contributed by atoms with Gasteiger partial charge in [0.2, 0.25) is 5.88 Å². The number of aromatic nitrogens is 1. The zero-order chi connectivity index (χ0) is 9.68. The van der Waals surface area contributed by atoms with Gasteiger partial charge in [0.15, 0.2) is 0 Å². The zero-order valence-electron chi connectivity index (χ0n) is 7.86. The lowest BCUT2D eigenvalue weighted by atomic mass is 10.3. The Bertz CT molecular complexity index is 264. The third kappa shape index (κ3) is 3.40. The monoisotopic (exact) mass is 182 g/mol. The Morgan fingerprint density at radius 3 is 2.85 bits per heavy atom. The summed E-state index contributed by atoms with van der Waals surface area (Å²) in [4.78, 5) is 8.65. The molecule has 0 aliphatic heterocycles. The van der Waals surface area contributed by atoms with Gasteiger partial charge in [-0.1, -0.05) is 6.07 Å². The molecule has 0 aliphatic carbocycles. The minimum absolute atomic E-state index is 0.126. The van der Waals surface area contributed by atoms with E-state index in [1.54, 1.807) is 6.07 Å². The van der Waals surface area contributed by atoms with Crippen LogP contribution in [0.1, 0.15) is 19.5 Å². The van der Waals surface area contributed by atoms with E-state index in [1.165, 1.54) is 0 Å². The fraction of sp³-hybridized carbons (Fsp3) is 0.444. The van der Waals surface area contributed by atoms with E-state index in [9.17, 15) is 0 Å². The van der Waals surface area contributed by atoms with E-state index in [-0.39, 0.29) is 6.10 Å². The van der Waals surface area contributed by atoms with Crippen molar-refractivity contribution < 1.29 is 9.57 Å². The van der Waals surface area contributed by atoms with E-state index < -0.39 is 0 Å². The maximum absolute atomic E-state index is 5.39. The van der Waals surface area contributed by atoms with Crippen molar-refractivity contribution in [2.75, 3.05) is 0 Å². The Morgan fingerprint density at radius 1 is 1.46 bits per heavy atom. The Hall–Kier alpha value is -1.13. The predicted molar refractivity (Wildman–Crippen MR) is 49.0 cm³/mol. The molecule has 1 aromatic rings.